The minimum atomic E-state index is 0.145. The first-order valence-electron chi connectivity index (χ1n) is 7.25. The first-order valence-corrected chi connectivity index (χ1v) is 7.25. The van der Waals surface area contributed by atoms with Gasteiger partial charge in [-0.05, 0) is 49.9 Å². The molecule has 0 bridgehead atoms. The van der Waals surface area contributed by atoms with Gasteiger partial charge >= 0.3 is 0 Å². The highest BCUT2D eigenvalue weighted by Crippen LogP contribution is 2.24. The van der Waals surface area contributed by atoms with Crippen molar-refractivity contribution in [3.63, 3.8) is 0 Å². The van der Waals surface area contributed by atoms with Gasteiger partial charge in [0, 0.05) is 18.2 Å². The van der Waals surface area contributed by atoms with Crippen molar-refractivity contribution in [3.05, 3.63) is 35.4 Å². The predicted molar refractivity (Wildman–Crippen MR) is 78.1 cm³/mol. The molecule has 1 aliphatic rings. The first kappa shape index (κ1) is 14.1. The Morgan fingerprint density at radius 2 is 2.05 bits per heavy atom. The lowest BCUT2D eigenvalue weighted by Crippen LogP contribution is -2.34. The van der Waals surface area contributed by atoms with Gasteiger partial charge in [0.1, 0.15) is 0 Å². The fraction of sp³-hybridized carbons (Fsp3) is 0.562. The molecule has 2 rings (SSSR count). The van der Waals surface area contributed by atoms with Crippen LogP contribution in [0.25, 0.3) is 0 Å². The monoisotopic (exact) mass is 260 g/mol. The maximum atomic E-state index is 12.5. The van der Waals surface area contributed by atoms with Gasteiger partial charge in [0.2, 0.25) is 0 Å². The van der Waals surface area contributed by atoms with Crippen LogP contribution in [0, 0.1) is 5.92 Å². The van der Waals surface area contributed by atoms with Gasteiger partial charge in [-0.1, -0.05) is 25.5 Å². The van der Waals surface area contributed by atoms with E-state index < -0.39 is 0 Å². The summed E-state index contributed by atoms with van der Waals surface area (Å²) in [5.41, 5.74) is 7.81. The highest BCUT2D eigenvalue weighted by atomic mass is 16.2. The van der Waals surface area contributed by atoms with E-state index in [1.54, 1.807) is 0 Å². The van der Waals surface area contributed by atoms with Crippen LogP contribution in [0.3, 0.4) is 0 Å². The Bertz CT molecular complexity index is 427. The van der Waals surface area contributed by atoms with E-state index in [-0.39, 0.29) is 5.91 Å². The smallest absolute Gasteiger partial charge is 0.254 e. The third-order valence-corrected chi connectivity index (χ3v) is 4.00. The Balaban J connectivity index is 2.07. The quantitative estimate of drug-likeness (QED) is 0.904. The van der Waals surface area contributed by atoms with Crippen LogP contribution in [0.15, 0.2) is 24.3 Å². The molecular weight excluding hydrogens is 236 g/mol. The molecule has 3 nitrogen and oxygen atoms in total. The molecule has 0 saturated carbocycles. The van der Waals surface area contributed by atoms with Gasteiger partial charge in [-0.3, -0.25) is 4.79 Å². The average Bonchev–Trinajstić information content (AvgIpc) is 2.80. The van der Waals surface area contributed by atoms with Gasteiger partial charge in [0.25, 0.3) is 5.91 Å². The molecule has 0 radical (unpaired) electrons. The number of nitrogens with zero attached hydrogens (tertiary/aromatic N) is 1. The van der Waals surface area contributed by atoms with E-state index >= 15 is 0 Å². The zero-order valence-electron chi connectivity index (χ0n) is 11.9. The van der Waals surface area contributed by atoms with Crippen molar-refractivity contribution in [3.8, 4) is 0 Å². The second-order valence-corrected chi connectivity index (χ2v) is 5.59. The highest BCUT2D eigenvalue weighted by Gasteiger charge is 2.31. The Morgan fingerprint density at radius 1 is 1.37 bits per heavy atom. The third kappa shape index (κ3) is 3.16. The number of aryl methyl sites for hydroxylation is 1. The molecule has 19 heavy (non-hydrogen) atoms. The average molecular weight is 260 g/mol. The molecule has 2 atom stereocenters. The summed E-state index contributed by atoms with van der Waals surface area (Å²) >= 11 is 0. The largest absolute Gasteiger partial charge is 0.336 e. The topological polar surface area (TPSA) is 46.3 Å². The minimum absolute atomic E-state index is 0.145. The lowest BCUT2D eigenvalue weighted by atomic mass is 10.1. The Kier molecular flexibility index (Phi) is 4.59. The summed E-state index contributed by atoms with van der Waals surface area (Å²) in [6.07, 6.45) is 3.23. The summed E-state index contributed by atoms with van der Waals surface area (Å²) in [7, 11) is 0. The molecule has 104 valence electrons. The zero-order valence-corrected chi connectivity index (χ0v) is 11.9. The van der Waals surface area contributed by atoms with Crippen LogP contribution in [-0.4, -0.2) is 29.9 Å². The number of rotatable bonds is 4. The standard InChI is InChI=1S/C16H24N2O/c1-3-4-13-5-7-15(8-6-13)16(19)18-11-14(10-17)9-12(18)2/h5-8,12,14H,3-4,9-11,17H2,1-2H3. The molecule has 3 heteroatoms. The molecule has 0 aromatic heterocycles. The molecule has 2 unspecified atom stereocenters. The van der Waals surface area contributed by atoms with Gasteiger partial charge in [-0.25, -0.2) is 0 Å². The highest BCUT2D eigenvalue weighted by molar-refractivity contribution is 5.94. The Morgan fingerprint density at radius 3 is 2.58 bits per heavy atom. The van der Waals surface area contributed by atoms with E-state index in [1.165, 1.54) is 5.56 Å². The molecule has 1 aromatic carbocycles. The summed E-state index contributed by atoms with van der Waals surface area (Å²) in [4.78, 5) is 14.4. The summed E-state index contributed by atoms with van der Waals surface area (Å²) in [5.74, 6) is 0.602. The molecule has 1 saturated heterocycles. The fourth-order valence-corrected chi connectivity index (χ4v) is 2.86. The number of hydrogen-bond donors (Lipinski definition) is 1. The van der Waals surface area contributed by atoms with Gasteiger partial charge in [-0.2, -0.15) is 0 Å². The van der Waals surface area contributed by atoms with Gasteiger partial charge in [-0.15, -0.1) is 0 Å². The SMILES string of the molecule is CCCc1ccc(C(=O)N2CC(CN)CC2C)cc1. The second kappa shape index (κ2) is 6.20. The van der Waals surface area contributed by atoms with Crippen LogP contribution in [0.5, 0.6) is 0 Å². The van der Waals surface area contributed by atoms with Crippen LogP contribution in [0.1, 0.15) is 42.6 Å². The first-order chi connectivity index (χ1) is 9.15. The van der Waals surface area contributed by atoms with Gasteiger partial charge in [0.05, 0.1) is 0 Å². The third-order valence-electron chi connectivity index (χ3n) is 4.00. The van der Waals surface area contributed by atoms with Gasteiger partial charge in [0.15, 0.2) is 0 Å². The molecule has 0 aliphatic carbocycles. The van der Waals surface area contributed by atoms with Crippen molar-refractivity contribution in [2.75, 3.05) is 13.1 Å². The number of carbonyl (C=O) groups excluding carboxylic acids is 1. The molecule has 1 fully saturated rings. The van der Waals surface area contributed by atoms with E-state index in [0.717, 1.165) is 31.4 Å². The van der Waals surface area contributed by atoms with Crippen molar-refractivity contribution < 1.29 is 4.79 Å². The van der Waals surface area contributed by atoms with Gasteiger partial charge < -0.3 is 10.6 Å². The molecule has 1 amide bonds. The molecule has 1 heterocycles. The molecule has 0 spiro atoms. The Hall–Kier alpha value is -1.35. The summed E-state index contributed by atoms with van der Waals surface area (Å²) in [6, 6.07) is 8.35. The number of carbonyl (C=O) groups is 1. The van der Waals surface area contributed by atoms with Crippen molar-refractivity contribution >= 4 is 5.91 Å². The van der Waals surface area contributed by atoms with Crippen LogP contribution >= 0.6 is 0 Å². The van der Waals surface area contributed by atoms with Crippen LogP contribution in [0.2, 0.25) is 0 Å². The van der Waals surface area contributed by atoms with E-state index in [9.17, 15) is 4.79 Å². The van der Waals surface area contributed by atoms with E-state index in [4.69, 9.17) is 5.73 Å². The van der Waals surface area contributed by atoms with E-state index in [2.05, 4.69) is 26.0 Å². The number of nitrogens with two attached hydrogens (primary N) is 1. The van der Waals surface area contributed by atoms with Crippen LogP contribution in [0.4, 0.5) is 0 Å². The lowest BCUT2D eigenvalue weighted by Gasteiger charge is -2.21. The maximum Gasteiger partial charge on any atom is 0.254 e. The van der Waals surface area contributed by atoms with Crippen LogP contribution in [-0.2, 0) is 6.42 Å². The number of hydrogen-bond acceptors (Lipinski definition) is 2. The molecule has 1 aromatic rings. The molecule has 2 N–H and O–H groups in total. The van der Waals surface area contributed by atoms with Crippen LogP contribution < -0.4 is 5.73 Å². The normalized spacial score (nSPS) is 22.8. The van der Waals surface area contributed by atoms with Crippen molar-refractivity contribution in [1.29, 1.82) is 0 Å². The van der Waals surface area contributed by atoms with E-state index in [1.807, 2.05) is 17.0 Å². The lowest BCUT2D eigenvalue weighted by molar-refractivity contribution is 0.0743. The number of amides is 1. The van der Waals surface area contributed by atoms with Crippen molar-refractivity contribution in [1.82, 2.24) is 4.90 Å². The number of likely N-dealkylation sites (tertiary alicyclic amines) is 1. The molecular formula is C16H24N2O. The summed E-state index contributed by atoms with van der Waals surface area (Å²) < 4.78 is 0. The minimum Gasteiger partial charge on any atom is -0.336 e. The Labute approximate surface area is 115 Å². The molecule has 1 aliphatic heterocycles. The summed E-state index contributed by atoms with van der Waals surface area (Å²) in [6.45, 7) is 5.74. The van der Waals surface area contributed by atoms with E-state index in [0.29, 0.717) is 18.5 Å². The second-order valence-electron chi connectivity index (χ2n) is 5.59. The number of benzene rings is 1. The fourth-order valence-electron chi connectivity index (χ4n) is 2.86. The van der Waals surface area contributed by atoms with Crippen molar-refractivity contribution in [2.45, 2.75) is 39.2 Å². The van der Waals surface area contributed by atoms with Crippen molar-refractivity contribution in [2.24, 2.45) is 11.7 Å². The maximum absolute atomic E-state index is 12.5. The predicted octanol–water partition coefficient (Wildman–Crippen LogP) is 2.45. The summed E-state index contributed by atoms with van der Waals surface area (Å²) in [5, 5.41) is 0. The zero-order chi connectivity index (χ0) is 13.8.